The molecule has 44 heavy (non-hydrogen) atoms. The van der Waals surface area contributed by atoms with E-state index in [4.69, 9.17) is 4.74 Å². The summed E-state index contributed by atoms with van der Waals surface area (Å²) in [5.74, 6) is -0.787. The molecule has 4 aromatic carbocycles. The van der Waals surface area contributed by atoms with Crippen molar-refractivity contribution in [1.82, 2.24) is 15.5 Å². The molecule has 0 saturated carbocycles. The topological polar surface area (TPSA) is 87.7 Å². The number of hydrogen-bond acceptors (Lipinski definition) is 4. The van der Waals surface area contributed by atoms with E-state index >= 15 is 0 Å². The molecule has 1 aliphatic heterocycles. The quantitative estimate of drug-likeness (QED) is 0.235. The maximum Gasteiger partial charge on any atom is 0.410 e. The number of carbonyl (C=O) groups is 3. The van der Waals surface area contributed by atoms with Gasteiger partial charge in [0.1, 0.15) is 23.2 Å². The predicted molar refractivity (Wildman–Crippen MR) is 171 cm³/mol. The molecule has 1 heterocycles. The molecular formula is C37H39N3O4. The minimum atomic E-state index is -1.06. The van der Waals surface area contributed by atoms with E-state index in [0.29, 0.717) is 24.9 Å². The molecule has 1 unspecified atom stereocenters. The van der Waals surface area contributed by atoms with Gasteiger partial charge >= 0.3 is 6.09 Å². The number of likely N-dealkylation sites (tertiary alicyclic amines) is 1. The number of ether oxygens (including phenoxy) is 1. The molecule has 2 N–H and O–H groups in total. The number of hydrogen-bond donors (Lipinski definition) is 2. The first-order chi connectivity index (χ1) is 21.2. The highest BCUT2D eigenvalue weighted by molar-refractivity contribution is 5.93. The first kappa shape index (κ1) is 30.5. The van der Waals surface area contributed by atoms with Crippen molar-refractivity contribution in [3.05, 3.63) is 144 Å². The van der Waals surface area contributed by atoms with Crippen molar-refractivity contribution in [2.24, 2.45) is 0 Å². The van der Waals surface area contributed by atoms with Gasteiger partial charge in [-0.1, -0.05) is 121 Å². The Kier molecular flexibility index (Phi) is 9.14. The van der Waals surface area contributed by atoms with Crippen molar-refractivity contribution < 1.29 is 19.1 Å². The van der Waals surface area contributed by atoms with Crippen LogP contribution in [0.3, 0.4) is 0 Å². The fraction of sp³-hybridized carbons (Fsp3) is 0.270. The zero-order valence-corrected chi connectivity index (χ0v) is 25.4. The third kappa shape index (κ3) is 6.67. The van der Waals surface area contributed by atoms with E-state index < -0.39 is 35.2 Å². The Bertz CT molecular complexity index is 1460. The summed E-state index contributed by atoms with van der Waals surface area (Å²) >= 11 is 0. The lowest BCUT2D eigenvalue weighted by atomic mass is 9.76. The van der Waals surface area contributed by atoms with E-state index in [-0.39, 0.29) is 5.91 Å². The van der Waals surface area contributed by atoms with Gasteiger partial charge < -0.3 is 15.4 Å². The van der Waals surface area contributed by atoms with Gasteiger partial charge in [0.2, 0.25) is 11.8 Å². The number of carbonyl (C=O) groups excluding carboxylic acids is 3. The lowest BCUT2D eigenvalue weighted by Crippen LogP contribution is -2.54. The SMILES string of the molecule is CC(C)(C)OC(=O)N1CCCC1C(=O)N[C@H](C(=O)NC(c1ccccc1)(c1ccccc1)c1ccccc1)c1ccccc1. The zero-order chi connectivity index (χ0) is 31.2. The molecule has 0 bridgehead atoms. The highest BCUT2D eigenvalue weighted by Crippen LogP contribution is 2.37. The van der Waals surface area contributed by atoms with Crippen molar-refractivity contribution in [3.63, 3.8) is 0 Å². The smallest absolute Gasteiger partial charge is 0.410 e. The standard InChI is InChI=1S/C37H39N3O4/c1-36(2,3)44-35(43)40-26-16-25-31(40)33(41)38-32(27-17-8-4-9-18-27)34(42)39-37(28-19-10-5-11-20-28,29-21-12-6-13-22-29)30-23-14-7-15-24-30/h4-15,17-24,31-32H,16,25-26H2,1-3H3,(H,38,41)(H,39,42)/t31?,32-/m0/s1. The summed E-state index contributed by atoms with van der Waals surface area (Å²) in [6, 6.07) is 36.9. The van der Waals surface area contributed by atoms with Gasteiger partial charge in [0.15, 0.2) is 0 Å². The maximum atomic E-state index is 14.6. The Morgan fingerprint density at radius 1 is 0.727 bits per heavy atom. The molecule has 2 atom stereocenters. The molecule has 5 rings (SSSR count). The van der Waals surface area contributed by atoms with E-state index in [0.717, 1.165) is 16.7 Å². The fourth-order valence-corrected chi connectivity index (χ4v) is 5.80. The van der Waals surface area contributed by atoms with Crippen molar-refractivity contribution in [2.75, 3.05) is 6.54 Å². The Hall–Kier alpha value is -4.91. The Morgan fingerprint density at radius 3 is 1.64 bits per heavy atom. The van der Waals surface area contributed by atoms with E-state index in [1.165, 1.54) is 4.90 Å². The average molecular weight is 590 g/mol. The van der Waals surface area contributed by atoms with Crippen LogP contribution in [0.2, 0.25) is 0 Å². The molecule has 0 radical (unpaired) electrons. The zero-order valence-electron chi connectivity index (χ0n) is 25.4. The highest BCUT2D eigenvalue weighted by atomic mass is 16.6. The van der Waals surface area contributed by atoms with Crippen molar-refractivity contribution >= 4 is 17.9 Å². The van der Waals surface area contributed by atoms with Crippen LogP contribution in [0, 0.1) is 0 Å². The second-order valence-electron chi connectivity index (χ2n) is 12.0. The fourth-order valence-electron chi connectivity index (χ4n) is 5.80. The van der Waals surface area contributed by atoms with Gasteiger partial charge in [0.25, 0.3) is 0 Å². The maximum absolute atomic E-state index is 14.6. The van der Waals surface area contributed by atoms with Gasteiger partial charge in [-0.05, 0) is 55.9 Å². The van der Waals surface area contributed by atoms with Crippen LogP contribution in [0.1, 0.15) is 61.9 Å². The molecule has 0 aliphatic carbocycles. The van der Waals surface area contributed by atoms with Gasteiger partial charge in [0.05, 0.1) is 0 Å². The van der Waals surface area contributed by atoms with Crippen LogP contribution in [-0.2, 0) is 19.9 Å². The molecular weight excluding hydrogens is 550 g/mol. The molecule has 3 amide bonds. The molecule has 226 valence electrons. The van der Waals surface area contributed by atoms with E-state index in [2.05, 4.69) is 10.6 Å². The van der Waals surface area contributed by atoms with Gasteiger partial charge in [-0.15, -0.1) is 0 Å². The van der Waals surface area contributed by atoms with Gasteiger partial charge in [-0.2, -0.15) is 0 Å². The summed E-state index contributed by atoms with van der Waals surface area (Å²) in [4.78, 5) is 42.9. The van der Waals surface area contributed by atoms with Crippen molar-refractivity contribution in [3.8, 4) is 0 Å². The summed E-state index contributed by atoms with van der Waals surface area (Å²) in [6.45, 7) is 5.80. The summed E-state index contributed by atoms with van der Waals surface area (Å²) in [5.41, 5.74) is 1.49. The van der Waals surface area contributed by atoms with Gasteiger partial charge in [-0.25, -0.2) is 4.79 Å². The summed E-state index contributed by atoms with van der Waals surface area (Å²) in [5, 5.41) is 6.38. The third-order valence-electron chi connectivity index (χ3n) is 7.80. The van der Waals surface area contributed by atoms with Crippen LogP contribution in [-0.4, -0.2) is 41.0 Å². The van der Waals surface area contributed by atoms with Crippen LogP contribution >= 0.6 is 0 Å². The molecule has 1 aliphatic rings. The molecule has 1 fully saturated rings. The van der Waals surface area contributed by atoms with Crippen molar-refractivity contribution in [1.29, 1.82) is 0 Å². The molecule has 7 heteroatoms. The number of rotatable bonds is 8. The molecule has 7 nitrogen and oxygen atoms in total. The number of nitrogens with zero attached hydrogens (tertiary/aromatic N) is 1. The van der Waals surface area contributed by atoms with Crippen LogP contribution in [0.5, 0.6) is 0 Å². The van der Waals surface area contributed by atoms with Crippen molar-refractivity contribution in [2.45, 2.75) is 56.8 Å². The Balaban J connectivity index is 1.54. The monoisotopic (exact) mass is 589 g/mol. The van der Waals surface area contributed by atoms with Crippen LogP contribution in [0.25, 0.3) is 0 Å². The Labute approximate surface area is 259 Å². The highest BCUT2D eigenvalue weighted by Gasteiger charge is 2.42. The van der Waals surface area contributed by atoms with Crippen LogP contribution in [0.15, 0.2) is 121 Å². The first-order valence-electron chi connectivity index (χ1n) is 15.0. The minimum Gasteiger partial charge on any atom is -0.444 e. The van der Waals surface area contributed by atoms with E-state index in [1.807, 2.05) is 121 Å². The predicted octanol–water partition coefficient (Wildman–Crippen LogP) is 6.35. The average Bonchev–Trinajstić information content (AvgIpc) is 3.54. The molecule has 4 aromatic rings. The third-order valence-corrected chi connectivity index (χ3v) is 7.80. The molecule has 1 saturated heterocycles. The van der Waals surface area contributed by atoms with E-state index in [9.17, 15) is 14.4 Å². The molecule has 0 spiro atoms. The normalized spacial score (nSPS) is 15.7. The Morgan fingerprint density at radius 2 is 1.18 bits per heavy atom. The minimum absolute atomic E-state index is 0.386. The van der Waals surface area contributed by atoms with Crippen LogP contribution < -0.4 is 10.6 Å². The summed E-state index contributed by atoms with van der Waals surface area (Å²) in [6.07, 6.45) is 0.613. The lowest BCUT2D eigenvalue weighted by molar-refractivity contribution is -0.132. The number of benzene rings is 4. The van der Waals surface area contributed by atoms with Gasteiger partial charge in [0, 0.05) is 6.54 Å². The molecule has 0 aromatic heterocycles. The van der Waals surface area contributed by atoms with Crippen LogP contribution in [0.4, 0.5) is 4.79 Å². The first-order valence-corrected chi connectivity index (χ1v) is 15.0. The second-order valence-corrected chi connectivity index (χ2v) is 12.0. The van der Waals surface area contributed by atoms with E-state index in [1.54, 1.807) is 20.8 Å². The van der Waals surface area contributed by atoms with Gasteiger partial charge in [-0.3, -0.25) is 14.5 Å². The second kappa shape index (κ2) is 13.2. The summed E-state index contributed by atoms with van der Waals surface area (Å²) in [7, 11) is 0. The number of nitrogens with one attached hydrogen (secondary N) is 2. The lowest BCUT2D eigenvalue weighted by Gasteiger charge is -2.38. The largest absolute Gasteiger partial charge is 0.444 e. The number of amides is 3. The summed E-state index contributed by atoms with van der Waals surface area (Å²) < 4.78 is 5.58.